The molecule has 1 heterocycles. The van der Waals surface area contributed by atoms with Crippen LogP contribution in [0.25, 0.3) is 6.08 Å². The summed E-state index contributed by atoms with van der Waals surface area (Å²) in [5, 5.41) is 3.13. The van der Waals surface area contributed by atoms with Crippen LogP contribution in [0.5, 0.6) is 0 Å². The molecule has 0 atom stereocenters. The van der Waals surface area contributed by atoms with Gasteiger partial charge in [-0.15, -0.1) is 0 Å². The van der Waals surface area contributed by atoms with Crippen molar-refractivity contribution in [2.45, 2.75) is 6.18 Å². The summed E-state index contributed by atoms with van der Waals surface area (Å²) in [6.45, 7) is 0.390. The molecule has 0 bridgehead atoms. The highest BCUT2D eigenvalue weighted by Gasteiger charge is 2.30. The lowest BCUT2D eigenvalue weighted by atomic mass is 10.1. The van der Waals surface area contributed by atoms with Crippen LogP contribution in [0.15, 0.2) is 77.4 Å². The van der Waals surface area contributed by atoms with E-state index in [0.717, 1.165) is 23.4 Å². The van der Waals surface area contributed by atoms with Gasteiger partial charge in [0.25, 0.3) is 0 Å². The zero-order chi connectivity index (χ0) is 17.0. The van der Waals surface area contributed by atoms with Crippen molar-refractivity contribution in [2.75, 3.05) is 6.67 Å². The molecule has 0 saturated carbocycles. The van der Waals surface area contributed by atoms with Gasteiger partial charge >= 0.3 is 6.18 Å². The van der Waals surface area contributed by atoms with E-state index in [4.69, 9.17) is 0 Å². The number of alkyl halides is 3. The molecule has 3 rings (SSSR count). The van der Waals surface area contributed by atoms with Gasteiger partial charge in [-0.3, -0.25) is 4.99 Å². The lowest BCUT2D eigenvalue weighted by molar-refractivity contribution is -0.137. The highest BCUT2D eigenvalue weighted by Crippen LogP contribution is 2.29. The Bertz CT molecular complexity index is 786. The SMILES string of the molecule is FC(F)(F)c1ccc(C2=NCNC(/C=C/c3ccccc3)=C2)cc1. The van der Waals surface area contributed by atoms with Crippen LogP contribution >= 0.6 is 0 Å². The summed E-state index contributed by atoms with van der Waals surface area (Å²) in [5.74, 6) is 0. The van der Waals surface area contributed by atoms with E-state index in [1.807, 2.05) is 48.6 Å². The van der Waals surface area contributed by atoms with Gasteiger partial charge in [-0.2, -0.15) is 13.2 Å². The summed E-state index contributed by atoms with van der Waals surface area (Å²) in [4.78, 5) is 4.31. The van der Waals surface area contributed by atoms with Crippen molar-refractivity contribution in [3.8, 4) is 0 Å². The number of hydrogen-bond donors (Lipinski definition) is 1. The summed E-state index contributed by atoms with van der Waals surface area (Å²) < 4.78 is 37.9. The highest BCUT2D eigenvalue weighted by atomic mass is 19.4. The number of nitrogens with zero attached hydrogens (tertiary/aromatic N) is 1. The fraction of sp³-hybridized carbons (Fsp3) is 0.105. The Labute approximate surface area is 138 Å². The molecule has 0 saturated heterocycles. The molecule has 24 heavy (non-hydrogen) atoms. The first-order valence-corrected chi connectivity index (χ1v) is 7.43. The van der Waals surface area contributed by atoms with Gasteiger partial charge in [-0.1, -0.05) is 48.5 Å². The van der Waals surface area contributed by atoms with Crippen molar-refractivity contribution in [2.24, 2.45) is 4.99 Å². The normalized spacial score (nSPS) is 15.0. The van der Waals surface area contributed by atoms with Gasteiger partial charge in [0.15, 0.2) is 0 Å². The molecular weight excluding hydrogens is 313 g/mol. The molecular formula is C19H15F3N2. The zero-order valence-electron chi connectivity index (χ0n) is 12.7. The smallest absolute Gasteiger partial charge is 0.366 e. The largest absolute Gasteiger partial charge is 0.416 e. The van der Waals surface area contributed by atoms with Crippen molar-refractivity contribution >= 4 is 11.8 Å². The average molecular weight is 328 g/mol. The van der Waals surface area contributed by atoms with E-state index in [1.165, 1.54) is 12.1 Å². The molecule has 122 valence electrons. The minimum atomic E-state index is -4.33. The minimum absolute atomic E-state index is 0.390. The lowest BCUT2D eigenvalue weighted by Gasteiger charge is -2.14. The summed E-state index contributed by atoms with van der Waals surface area (Å²) in [5.41, 5.74) is 2.60. The van der Waals surface area contributed by atoms with Gasteiger partial charge in [0.1, 0.15) is 6.67 Å². The quantitative estimate of drug-likeness (QED) is 0.871. The molecule has 0 fully saturated rings. The first-order chi connectivity index (χ1) is 11.5. The van der Waals surface area contributed by atoms with Crippen LogP contribution in [0, 0.1) is 0 Å². The zero-order valence-corrected chi connectivity index (χ0v) is 12.7. The summed E-state index contributed by atoms with van der Waals surface area (Å²) in [6, 6.07) is 14.9. The third kappa shape index (κ3) is 3.93. The molecule has 1 aliphatic heterocycles. The summed E-state index contributed by atoms with van der Waals surface area (Å²) in [6.07, 6.45) is 1.39. The molecule has 0 aromatic heterocycles. The molecule has 0 unspecified atom stereocenters. The monoisotopic (exact) mass is 328 g/mol. The summed E-state index contributed by atoms with van der Waals surface area (Å²) in [7, 11) is 0. The molecule has 1 aliphatic rings. The van der Waals surface area contributed by atoms with Crippen LogP contribution in [0.2, 0.25) is 0 Å². The molecule has 0 amide bonds. The Morgan fingerprint density at radius 2 is 1.62 bits per heavy atom. The standard InChI is InChI=1S/C19H15F3N2/c20-19(21,22)16-9-7-15(8-10-16)18-12-17(23-13-24-18)11-6-14-4-2-1-3-5-14/h1-12,23H,13H2/b11-6+. The van der Waals surface area contributed by atoms with Crippen molar-refractivity contribution in [3.63, 3.8) is 0 Å². The van der Waals surface area contributed by atoms with Crippen molar-refractivity contribution in [3.05, 3.63) is 89.1 Å². The minimum Gasteiger partial charge on any atom is -0.366 e. The third-order valence-corrected chi connectivity index (χ3v) is 3.59. The fourth-order valence-electron chi connectivity index (χ4n) is 2.32. The lowest BCUT2D eigenvalue weighted by Crippen LogP contribution is -2.20. The van der Waals surface area contributed by atoms with Crippen molar-refractivity contribution < 1.29 is 13.2 Å². The van der Waals surface area contributed by atoms with Gasteiger partial charge in [0.05, 0.1) is 11.3 Å². The van der Waals surface area contributed by atoms with E-state index >= 15 is 0 Å². The number of halogens is 3. The Balaban J connectivity index is 1.78. The molecule has 1 N–H and O–H groups in total. The van der Waals surface area contributed by atoms with Crippen LogP contribution in [0.1, 0.15) is 16.7 Å². The second-order valence-electron chi connectivity index (χ2n) is 5.30. The van der Waals surface area contributed by atoms with E-state index < -0.39 is 11.7 Å². The topological polar surface area (TPSA) is 24.4 Å². The van der Waals surface area contributed by atoms with Crippen LogP contribution in [0.3, 0.4) is 0 Å². The third-order valence-electron chi connectivity index (χ3n) is 3.59. The van der Waals surface area contributed by atoms with E-state index in [-0.39, 0.29) is 0 Å². The number of hydrogen-bond acceptors (Lipinski definition) is 2. The summed E-state index contributed by atoms with van der Waals surface area (Å²) >= 11 is 0. The van der Waals surface area contributed by atoms with E-state index in [2.05, 4.69) is 10.3 Å². The number of nitrogens with one attached hydrogen (secondary N) is 1. The molecule has 5 heteroatoms. The molecule has 0 aliphatic carbocycles. The molecule has 0 spiro atoms. The Hall–Kier alpha value is -2.82. The van der Waals surface area contributed by atoms with Crippen molar-refractivity contribution in [1.29, 1.82) is 0 Å². The molecule has 2 nitrogen and oxygen atoms in total. The Morgan fingerprint density at radius 3 is 2.29 bits per heavy atom. The van der Waals surface area contributed by atoms with Crippen molar-refractivity contribution in [1.82, 2.24) is 5.32 Å². The first kappa shape index (κ1) is 16.1. The van der Waals surface area contributed by atoms with Gasteiger partial charge in [0, 0.05) is 5.70 Å². The fourth-order valence-corrected chi connectivity index (χ4v) is 2.32. The Kier molecular flexibility index (Phi) is 4.51. The van der Waals surface area contributed by atoms with Gasteiger partial charge in [-0.05, 0) is 35.4 Å². The van der Waals surface area contributed by atoms with Crippen LogP contribution < -0.4 is 5.32 Å². The van der Waals surface area contributed by atoms with Gasteiger partial charge < -0.3 is 5.32 Å². The second kappa shape index (κ2) is 6.74. The Morgan fingerprint density at radius 1 is 0.917 bits per heavy atom. The number of aliphatic imine (C=N–C) groups is 1. The predicted molar refractivity (Wildman–Crippen MR) is 89.5 cm³/mol. The average Bonchev–Trinajstić information content (AvgIpc) is 2.60. The maximum atomic E-state index is 12.6. The number of rotatable bonds is 3. The number of allylic oxidation sites excluding steroid dienone is 2. The van der Waals surface area contributed by atoms with Gasteiger partial charge in [0.2, 0.25) is 0 Å². The maximum absolute atomic E-state index is 12.6. The van der Waals surface area contributed by atoms with Gasteiger partial charge in [-0.25, -0.2) is 0 Å². The predicted octanol–water partition coefficient (Wildman–Crippen LogP) is 4.65. The van der Waals surface area contributed by atoms with E-state index in [1.54, 1.807) is 0 Å². The second-order valence-corrected chi connectivity index (χ2v) is 5.30. The molecule has 0 radical (unpaired) electrons. The van der Waals surface area contributed by atoms with Crippen LogP contribution in [0.4, 0.5) is 13.2 Å². The maximum Gasteiger partial charge on any atom is 0.416 e. The molecule has 2 aromatic rings. The molecule has 2 aromatic carbocycles. The number of benzene rings is 2. The van der Waals surface area contributed by atoms with Crippen LogP contribution in [-0.4, -0.2) is 12.4 Å². The van der Waals surface area contributed by atoms with Crippen LogP contribution in [-0.2, 0) is 6.18 Å². The highest BCUT2D eigenvalue weighted by molar-refractivity contribution is 6.09. The van der Waals surface area contributed by atoms with E-state index in [0.29, 0.717) is 17.9 Å². The first-order valence-electron chi connectivity index (χ1n) is 7.43. The van der Waals surface area contributed by atoms with E-state index in [9.17, 15) is 13.2 Å².